The van der Waals surface area contributed by atoms with Gasteiger partial charge >= 0.3 is 71.1 Å². The minimum Gasteiger partial charge on any atom is -0.790 e. The number of phosphoric ester groups is 1. The molecule has 0 heterocycles. The molecule has 0 radical (unpaired) electrons. The molecule has 0 unspecified atom stereocenters. The van der Waals surface area contributed by atoms with Crippen LogP contribution in [0.3, 0.4) is 0 Å². The molecule has 44 heavy (non-hydrogen) atoms. The van der Waals surface area contributed by atoms with E-state index in [0.29, 0.717) is 12.8 Å². The molecular weight excluding hydrogens is 625 g/mol. The van der Waals surface area contributed by atoms with Crippen LogP contribution in [0.15, 0.2) is 0 Å². The number of carbonyl (C=O) groups is 3. The van der Waals surface area contributed by atoms with Crippen molar-refractivity contribution in [3.05, 3.63) is 0 Å². The van der Waals surface area contributed by atoms with E-state index in [1.807, 2.05) is 0 Å². The second kappa shape index (κ2) is 35.4. The van der Waals surface area contributed by atoms with Gasteiger partial charge in [0.05, 0.1) is 14.4 Å². The Balaban J connectivity index is -0.00000840. The first-order chi connectivity index (χ1) is 20.1. The van der Waals surface area contributed by atoms with E-state index >= 15 is 0 Å². The molecule has 1 atom stereocenters. The smallest absolute Gasteiger partial charge is 0.790 e. The van der Waals surface area contributed by atoms with Gasteiger partial charge in [0, 0.05) is 25.5 Å². The summed E-state index contributed by atoms with van der Waals surface area (Å²) >= 11 is 1.36. The fraction of sp³-hybridized carbons (Fsp3) is 0.903. The normalized spacial score (nSPS) is 11.7. The summed E-state index contributed by atoms with van der Waals surface area (Å²) in [5.74, 6) is -0.140. The monoisotopic (exact) mass is 682 g/mol. The van der Waals surface area contributed by atoms with Crippen molar-refractivity contribution < 1.29 is 102 Å². The van der Waals surface area contributed by atoms with Crippen molar-refractivity contribution >= 4 is 36.6 Å². The van der Waals surface area contributed by atoms with Crippen LogP contribution in [0.4, 0.5) is 0 Å². The topological polar surface area (TPSA) is 142 Å². The van der Waals surface area contributed by atoms with E-state index in [1.54, 1.807) is 6.92 Å². The van der Waals surface area contributed by atoms with Gasteiger partial charge < -0.3 is 28.3 Å². The summed E-state index contributed by atoms with van der Waals surface area (Å²) in [4.78, 5) is 57.0. The van der Waals surface area contributed by atoms with Gasteiger partial charge in [-0.25, -0.2) is 0 Å². The second-order valence-electron chi connectivity index (χ2n) is 11.1. The van der Waals surface area contributed by atoms with Crippen LogP contribution in [0.2, 0.25) is 0 Å². The van der Waals surface area contributed by atoms with Crippen LogP contribution < -0.4 is 68.9 Å². The molecule has 0 bridgehead atoms. The van der Waals surface area contributed by atoms with E-state index in [4.69, 9.17) is 9.47 Å². The number of hydrogen-bond donors (Lipinski definition) is 0. The Morgan fingerprint density at radius 1 is 0.636 bits per heavy atom. The molecule has 0 N–H and O–H groups in total. The molecule has 0 aromatic carbocycles. The van der Waals surface area contributed by atoms with Crippen molar-refractivity contribution in [2.45, 2.75) is 161 Å². The second-order valence-corrected chi connectivity index (χ2v) is 13.5. The summed E-state index contributed by atoms with van der Waals surface area (Å²) in [6.45, 7) is 2.78. The van der Waals surface area contributed by atoms with Crippen molar-refractivity contribution in [2.24, 2.45) is 0 Å². The van der Waals surface area contributed by atoms with Crippen LogP contribution in [0.25, 0.3) is 0 Å². The van der Waals surface area contributed by atoms with Gasteiger partial charge in [0.1, 0.15) is 6.61 Å². The third kappa shape index (κ3) is 39.2. The van der Waals surface area contributed by atoms with E-state index in [1.165, 1.54) is 69.5 Å². The van der Waals surface area contributed by atoms with Crippen LogP contribution >= 0.6 is 19.6 Å². The zero-order valence-corrected chi connectivity index (χ0v) is 34.0. The maximum atomic E-state index is 12.2. The van der Waals surface area contributed by atoms with Crippen LogP contribution in [0.1, 0.15) is 155 Å². The summed E-state index contributed by atoms with van der Waals surface area (Å²) in [6.07, 6.45) is 21.5. The first-order valence-corrected chi connectivity index (χ1v) is 18.7. The van der Waals surface area contributed by atoms with Crippen molar-refractivity contribution in [2.75, 3.05) is 19.0 Å². The third-order valence-electron chi connectivity index (χ3n) is 6.96. The van der Waals surface area contributed by atoms with Crippen molar-refractivity contribution in [1.82, 2.24) is 0 Å². The maximum Gasteiger partial charge on any atom is 1.00 e. The Bertz CT molecular complexity index is 741. The zero-order valence-electron chi connectivity index (χ0n) is 28.3. The number of rotatable bonds is 30. The first kappa shape index (κ1) is 49.5. The summed E-state index contributed by atoms with van der Waals surface area (Å²) < 4.78 is 25.6. The summed E-state index contributed by atoms with van der Waals surface area (Å²) in [5, 5.41) is 0.153. The molecule has 0 aliphatic heterocycles. The fourth-order valence-corrected chi connectivity index (χ4v) is 5.54. The molecule has 0 spiro atoms. The number of hydrogen-bond acceptors (Lipinski definition) is 10. The average molecular weight is 683 g/mol. The molecule has 0 aliphatic rings. The number of esters is 2. The molecule has 9 nitrogen and oxygen atoms in total. The summed E-state index contributed by atoms with van der Waals surface area (Å²) in [7, 11) is -5.25. The van der Waals surface area contributed by atoms with Crippen molar-refractivity contribution in [1.29, 1.82) is 0 Å². The predicted octanol–water partition coefficient (Wildman–Crippen LogP) is 1.18. The van der Waals surface area contributed by atoms with Crippen LogP contribution in [0, 0.1) is 0 Å². The van der Waals surface area contributed by atoms with Gasteiger partial charge in [-0.05, 0) is 19.3 Å². The molecule has 248 valence electrons. The van der Waals surface area contributed by atoms with Crippen molar-refractivity contribution in [3.8, 4) is 0 Å². The molecule has 13 heteroatoms. The Hall–Kier alpha value is 1.07. The Kier molecular flexibility index (Phi) is 39.8. The predicted molar refractivity (Wildman–Crippen MR) is 165 cm³/mol. The number of carbonyl (C=O) groups excluding carboxylic acids is 3. The first-order valence-electron chi connectivity index (χ1n) is 16.3. The molecule has 0 aromatic rings. The van der Waals surface area contributed by atoms with E-state index < -0.39 is 32.5 Å². The van der Waals surface area contributed by atoms with Crippen LogP contribution in [0.5, 0.6) is 0 Å². The van der Waals surface area contributed by atoms with Gasteiger partial charge in [-0.1, -0.05) is 128 Å². The SMILES string of the molecule is CCCCCCCCCCCCCCCC(=O)O[C@H](COC(=O)CCCCCCCCCSC(C)=O)COP(=O)([O-])[O-].[Na+].[Na+]. The van der Waals surface area contributed by atoms with Crippen LogP contribution in [-0.2, 0) is 32.9 Å². The van der Waals surface area contributed by atoms with Gasteiger partial charge in [0.15, 0.2) is 11.2 Å². The van der Waals surface area contributed by atoms with Crippen LogP contribution in [-0.4, -0.2) is 42.1 Å². The van der Waals surface area contributed by atoms with Gasteiger partial charge in [0.2, 0.25) is 0 Å². The Morgan fingerprint density at radius 2 is 1.05 bits per heavy atom. The van der Waals surface area contributed by atoms with Gasteiger partial charge in [0.25, 0.3) is 0 Å². The van der Waals surface area contributed by atoms with E-state index in [0.717, 1.165) is 63.5 Å². The largest absolute Gasteiger partial charge is 1.00 e. The average Bonchev–Trinajstić information content (AvgIpc) is 2.93. The molecule has 0 aromatic heterocycles. The van der Waals surface area contributed by atoms with E-state index in [-0.39, 0.29) is 83.7 Å². The Labute approximate surface area is 316 Å². The Morgan fingerprint density at radius 3 is 1.48 bits per heavy atom. The summed E-state index contributed by atoms with van der Waals surface area (Å²) in [6, 6.07) is 0. The zero-order chi connectivity index (χ0) is 31.3. The number of phosphoric acid groups is 1. The molecule has 0 amide bonds. The molecule has 0 fully saturated rings. The number of unbranched alkanes of at least 4 members (excludes halogenated alkanes) is 18. The molecular formula is C31H57Na2O9PS. The van der Waals surface area contributed by atoms with Crippen molar-refractivity contribution in [3.63, 3.8) is 0 Å². The fourth-order valence-electron chi connectivity index (χ4n) is 4.55. The maximum absolute atomic E-state index is 12.2. The standard InChI is InChI=1S/C31H59O9PS.2Na/c1-3-4-5-6-7-8-9-10-11-12-14-18-21-24-31(34)40-29(27-39-41(35,36)37)26-38-30(33)23-20-17-15-13-16-19-22-25-42-28(2)32;;/h29H,3-27H2,1-2H3,(H2,35,36,37);;/q;2*+1/p-2/t29-;;/m1../s1. The van der Waals surface area contributed by atoms with E-state index in [9.17, 15) is 28.7 Å². The third-order valence-corrected chi connectivity index (χ3v) is 8.33. The molecule has 0 aliphatic carbocycles. The molecule has 0 saturated heterocycles. The minimum absolute atomic E-state index is 0. The van der Waals surface area contributed by atoms with Gasteiger partial charge in [-0.2, -0.15) is 0 Å². The summed E-state index contributed by atoms with van der Waals surface area (Å²) in [5.41, 5.74) is 0. The molecule has 0 saturated carbocycles. The van der Waals surface area contributed by atoms with Gasteiger partial charge in [-0.3, -0.25) is 14.4 Å². The minimum atomic E-state index is -5.25. The van der Waals surface area contributed by atoms with E-state index in [2.05, 4.69) is 11.4 Å². The number of ether oxygens (including phenoxy) is 2. The molecule has 0 rings (SSSR count). The van der Waals surface area contributed by atoms with Gasteiger partial charge in [-0.15, -0.1) is 0 Å². The number of thioether (sulfide) groups is 1. The quantitative estimate of drug-likeness (QED) is 0.0469.